The van der Waals surface area contributed by atoms with Crippen LogP contribution >= 0.6 is 11.3 Å². The molecule has 1 saturated heterocycles. The van der Waals surface area contributed by atoms with Gasteiger partial charge in [-0.3, -0.25) is 19.2 Å². The van der Waals surface area contributed by atoms with Crippen LogP contribution in [0.1, 0.15) is 15.4 Å². The van der Waals surface area contributed by atoms with E-state index >= 15 is 0 Å². The molecule has 0 bridgehead atoms. The zero-order chi connectivity index (χ0) is 17.1. The summed E-state index contributed by atoms with van der Waals surface area (Å²) in [5, 5.41) is 9.00. The molecule has 0 atom stereocenters. The fourth-order valence-corrected chi connectivity index (χ4v) is 3.47. The summed E-state index contributed by atoms with van der Waals surface area (Å²) in [6.45, 7) is 4.91. The van der Waals surface area contributed by atoms with Crippen molar-refractivity contribution in [2.24, 2.45) is 7.05 Å². The summed E-state index contributed by atoms with van der Waals surface area (Å²) in [7, 11) is 1.80. The molecule has 1 N–H and O–H groups in total. The summed E-state index contributed by atoms with van der Waals surface area (Å²) >= 11 is 1.46. The molecule has 0 radical (unpaired) electrons. The van der Waals surface area contributed by atoms with Crippen LogP contribution in [-0.4, -0.2) is 64.1 Å². The van der Waals surface area contributed by atoms with E-state index in [9.17, 15) is 9.59 Å². The topological polar surface area (TPSA) is 70.5 Å². The largest absolute Gasteiger partial charge is 0.335 e. The van der Waals surface area contributed by atoms with Gasteiger partial charge in [0.1, 0.15) is 5.82 Å². The quantitative estimate of drug-likeness (QED) is 0.902. The molecule has 2 aromatic heterocycles. The minimum Gasteiger partial charge on any atom is -0.335 e. The Balaban J connectivity index is 1.47. The van der Waals surface area contributed by atoms with Crippen LogP contribution in [0, 0.1) is 6.92 Å². The van der Waals surface area contributed by atoms with E-state index < -0.39 is 0 Å². The van der Waals surface area contributed by atoms with Gasteiger partial charge in [0.15, 0.2) is 0 Å². The van der Waals surface area contributed by atoms with Gasteiger partial charge in [0.05, 0.1) is 17.1 Å². The van der Waals surface area contributed by atoms with Gasteiger partial charge in [-0.1, -0.05) is 6.07 Å². The lowest BCUT2D eigenvalue weighted by Gasteiger charge is -2.34. The van der Waals surface area contributed by atoms with Crippen molar-refractivity contribution in [1.29, 1.82) is 0 Å². The predicted octanol–water partition coefficient (Wildman–Crippen LogP) is 1.19. The SMILES string of the molecule is Cc1cc(NC(=O)CN2CCN(C(=O)c3cccs3)CC2)n(C)n1. The fraction of sp³-hybridized carbons (Fsp3) is 0.438. The number of aryl methyl sites for hydroxylation is 2. The van der Waals surface area contributed by atoms with E-state index in [1.54, 1.807) is 11.7 Å². The highest BCUT2D eigenvalue weighted by atomic mass is 32.1. The van der Waals surface area contributed by atoms with Gasteiger partial charge in [0.25, 0.3) is 5.91 Å². The molecule has 3 heterocycles. The maximum Gasteiger partial charge on any atom is 0.264 e. The van der Waals surface area contributed by atoms with Crippen molar-refractivity contribution in [1.82, 2.24) is 19.6 Å². The Bertz CT molecular complexity index is 717. The fourth-order valence-electron chi connectivity index (χ4n) is 2.78. The highest BCUT2D eigenvalue weighted by Crippen LogP contribution is 2.14. The van der Waals surface area contributed by atoms with Crippen LogP contribution in [0.4, 0.5) is 5.82 Å². The normalized spacial score (nSPS) is 15.5. The van der Waals surface area contributed by atoms with E-state index in [0.29, 0.717) is 38.5 Å². The first kappa shape index (κ1) is 16.7. The molecule has 2 aromatic rings. The lowest BCUT2D eigenvalue weighted by atomic mass is 10.3. The third kappa shape index (κ3) is 3.82. The van der Waals surface area contributed by atoms with Crippen LogP contribution in [0.2, 0.25) is 0 Å². The first-order valence-electron chi connectivity index (χ1n) is 7.88. The Morgan fingerprint density at radius 1 is 1.29 bits per heavy atom. The Labute approximate surface area is 144 Å². The molecule has 0 saturated carbocycles. The number of anilines is 1. The van der Waals surface area contributed by atoms with Crippen LogP contribution in [0.3, 0.4) is 0 Å². The Morgan fingerprint density at radius 3 is 2.62 bits per heavy atom. The van der Waals surface area contributed by atoms with E-state index in [2.05, 4.69) is 15.3 Å². The smallest absolute Gasteiger partial charge is 0.264 e. The van der Waals surface area contributed by atoms with E-state index in [0.717, 1.165) is 10.6 Å². The Morgan fingerprint density at radius 2 is 2.04 bits per heavy atom. The molecule has 0 spiro atoms. The number of carbonyl (C=O) groups excluding carboxylic acids is 2. The first-order valence-corrected chi connectivity index (χ1v) is 8.76. The van der Waals surface area contributed by atoms with Crippen LogP contribution in [-0.2, 0) is 11.8 Å². The monoisotopic (exact) mass is 347 g/mol. The molecule has 0 aromatic carbocycles. The second-order valence-electron chi connectivity index (χ2n) is 5.89. The molecule has 24 heavy (non-hydrogen) atoms. The molecule has 7 nitrogen and oxygen atoms in total. The molecule has 0 unspecified atom stereocenters. The van der Waals surface area contributed by atoms with Gasteiger partial charge in [-0.05, 0) is 18.4 Å². The lowest BCUT2D eigenvalue weighted by Crippen LogP contribution is -2.50. The first-order chi connectivity index (χ1) is 11.5. The zero-order valence-electron chi connectivity index (χ0n) is 13.9. The zero-order valence-corrected chi connectivity index (χ0v) is 14.7. The molecule has 0 aliphatic carbocycles. The van der Waals surface area contributed by atoms with Gasteiger partial charge in [0.2, 0.25) is 5.91 Å². The number of piperazine rings is 1. The van der Waals surface area contributed by atoms with Gasteiger partial charge >= 0.3 is 0 Å². The molecule has 1 fully saturated rings. The van der Waals surface area contributed by atoms with Crippen molar-refractivity contribution in [2.75, 3.05) is 38.0 Å². The van der Waals surface area contributed by atoms with Gasteiger partial charge < -0.3 is 10.2 Å². The number of aromatic nitrogens is 2. The Hall–Kier alpha value is -2.19. The third-order valence-corrected chi connectivity index (χ3v) is 4.89. The van der Waals surface area contributed by atoms with E-state index in [4.69, 9.17) is 0 Å². The molecule has 2 amide bonds. The second-order valence-corrected chi connectivity index (χ2v) is 6.84. The van der Waals surface area contributed by atoms with Crippen LogP contribution < -0.4 is 5.32 Å². The molecule has 1 aliphatic heterocycles. The van der Waals surface area contributed by atoms with E-state index in [-0.39, 0.29) is 11.8 Å². The highest BCUT2D eigenvalue weighted by Gasteiger charge is 2.23. The number of hydrogen-bond donors (Lipinski definition) is 1. The van der Waals surface area contributed by atoms with Crippen molar-refractivity contribution < 1.29 is 9.59 Å². The Kier molecular flexibility index (Phi) is 4.96. The molecule has 8 heteroatoms. The molecular weight excluding hydrogens is 326 g/mol. The molecule has 1 aliphatic rings. The minimum atomic E-state index is -0.0592. The van der Waals surface area contributed by atoms with Gasteiger partial charge in [-0.15, -0.1) is 11.3 Å². The number of hydrogen-bond acceptors (Lipinski definition) is 5. The summed E-state index contributed by atoms with van der Waals surface area (Å²) in [6, 6.07) is 5.58. The van der Waals surface area contributed by atoms with Gasteiger partial charge in [-0.25, -0.2) is 0 Å². The highest BCUT2D eigenvalue weighted by molar-refractivity contribution is 7.12. The van der Waals surface area contributed by atoms with Crippen molar-refractivity contribution in [2.45, 2.75) is 6.92 Å². The second kappa shape index (κ2) is 7.14. The summed E-state index contributed by atoms with van der Waals surface area (Å²) in [5.41, 5.74) is 0.869. The maximum atomic E-state index is 12.3. The number of thiophene rings is 1. The standard InChI is InChI=1S/C16H21N5O2S/c1-12-10-14(19(2)18-12)17-15(22)11-20-5-7-21(8-6-20)16(23)13-4-3-9-24-13/h3-4,9-10H,5-8,11H2,1-2H3,(H,17,22). The average Bonchev–Trinajstić information content (AvgIpc) is 3.18. The van der Waals surface area contributed by atoms with Crippen molar-refractivity contribution in [3.8, 4) is 0 Å². The maximum absolute atomic E-state index is 12.3. The van der Waals surface area contributed by atoms with Gasteiger partial charge in [-0.2, -0.15) is 5.10 Å². The molecular formula is C16H21N5O2S. The van der Waals surface area contributed by atoms with Crippen LogP contribution in [0.15, 0.2) is 23.6 Å². The van der Waals surface area contributed by atoms with E-state index in [1.165, 1.54) is 11.3 Å². The summed E-state index contributed by atoms with van der Waals surface area (Å²) in [4.78, 5) is 29.2. The van der Waals surface area contributed by atoms with E-state index in [1.807, 2.05) is 35.4 Å². The van der Waals surface area contributed by atoms with Crippen molar-refractivity contribution in [3.63, 3.8) is 0 Å². The predicted molar refractivity (Wildman–Crippen MR) is 93.2 cm³/mol. The summed E-state index contributed by atoms with van der Waals surface area (Å²) in [6.07, 6.45) is 0. The summed E-state index contributed by atoms with van der Waals surface area (Å²) < 4.78 is 1.66. The number of nitrogens with zero attached hydrogens (tertiary/aromatic N) is 4. The van der Waals surface area contributed by atoms with Crippen LogP contribution in [0.25, 0.3) is 0 Å². The third-order valence-electron chi connectivity index (χ3n) is 4.03. The lowest BCUT2D eigenvalue weighted by molar-refractivity contribution is -0.117. The number of carbonyl (C=O) groups is 2. The number of rotatable bonds is 4. The number of nitrogens with one attached hydrogen (secondary N) is 1. The van der Waals surface area contributed by atoms with Crippen molar-refractivity contribution >= 4 is 29.0 Å². The molecule has 3 rings (SSSR count). The van der Waals surface area contributed by atoms with Crippen molar-refractivity contribution in [3.05, 3.63) is 34.2 Å². The minimum absolute atomic E-state index is 0.0592. The molecule has 128 valence electrons. The average molecular weight is 347 g/mol. The van der Waals surface area contributed by atoms with Gasteiger partial charge in [0, 0.05) is 39.3 Å². The number of amides is 2. The summed E-state index contributed by atoms with van der Waals surface area (Å²) in [5.74, 6) is 0.722. The van der Waals surface area contributed by atoms with Crippen LogP contribution in [0.5, 0.6) is 0 Å².